The van der Waals surface area contributed by atoms with Crippen LogP contribution in [0.5, 0.6) is 23.0 Å². The summed E-state index contributed by atoms with van der Waals surface area (Å²) in [4.78, 5) is 0. The topological polar surface area (TPSA) is 27.7 Å². The number of benzene rings is 2. The van der Waals surface area contributed by atoms with Crippen LogP contribution < -0.4 is 14.2 Å². The van der Waals surface area contributed by atoms with Crippen molar-refractivity contribution in [2.45, 2.75) is 12.8 Å². The summed E-state index contributed by atoms with van der Waals surface area (Å²) in [6.45, 7) is 7.50. The number of allylic oxidation sites excluding steroid dienone is 2. The largest absolute Gasteiger partial charge is 0.493 e. The average molecular weight is 310 g/mol. The SMILES string of the molecule is C=CCc1ccc(Oc2ccc(CC=C)cc2OC)c(OC)c1. The molecule has 3 heteroatoms. The first-order chi connectivity index (χ1) is 11.2. The second kappa shape index (κ2) is 8.08. The van der Waals surface area contributed by atoms with E-state index in [1.54, 1.807) is 14.2 Å². The van der Waals surface area contributed by atoms with Crippen molar-refractivity contribution in [3.63, 3.8) is 0 Å². The average Bonchev–Trinajstić information content (AvgIpc) is 2.57. The summed E-state index contributed by atoms with van der Waals surface area (Å²) in [6, 6.07) is 11.7. The van der Waals surface area contributed by atoms with Gasteiger partial charge in [0.15, 0.2) is 23.0 Å². The van der Waals surface area contributed by atoms with Gasteiger partial charge in [-0.2, -0.15) is 0 Å². The molecule has 0 aliphatic carbocycles. The van der Waals surface area contributed by atoms with Gasteiger partial charge in [-0.1, -0.05) is 24.3 Å². The summed E-state index contributed by atoms with van der Waals surface area (Å²) in [5, 5.41) is 0. The molecular weight excluding hydrogens is 288 g/mol. The van der Waals surface area contributed by atoms with Gasteiger partial charge in [-0.25, -0.2) is 0 Å². The van der Waals surface area contributed by atoms with Crippen LogP contribution in [-0.4, -0.2) is 14.2 Å². The second-order valence-electron chi connectivity index (χ2n) is 5.06. The maximum absolute atomic E-state index is 5.99. The number of ether oxygens (including phenoxy) is 3. The molecule has 0 aliphatic rings. The van der Waals surface area contributed by atoms with Gasteiger partial charge in [0.1, 0.15) is 0 Å². The fourth-order valence-electron chi connectivity index (χ4n) is 2.30. The lowest BCUT2D eigenvalue weighted by molar-refractivity contribution is 0.356. The molecule has 0 heterocycles. The minimum Gasteiger partial charge on any atom is -0.493 e. The van der Waals surface area contributed by atoms with Crippen molar-refractivity contribution < 1.29 is 14.2 Å². The molecular formula is C20H22O3. The maximum atomic E-state index is 5.99. The van der Waals surface area contributed by atoms with Crippen LogP contribution in [0.4, 0.5) is 0 Å². The van der Waals surface area contributed by atoms with Crippen molar-refractivity contribution in [2.75, 3.05) is 14.2 Å². The Kier molecular flexibility index (Phi) is 5.87. The Labute approximate surface area is 137 Å². The van der Waals surface area contributed by atoms with Crippen molar-refractivity contribution in [3.8, 4) is 23.0 Å². The molecule has 0 atom stereocenters. The van der Waals surface area contributed by atoms with Gasteiger partial charge in [0.2, 0.25) is 0 Å². The molecule has 2 aromatic rings. The Bertz CT molecular complexity index is 630. The van der Waals surface area contributed by atoms with Crippen molar-refractivity contribution in [1.82, 2.24) is 0 Å². The highest BCUT2D eigenvalue weighted by molar-refractivity contribution is 5.50. The number of hydrogen-bond acceptors (Lipinski definition) is 3. The Hall–Kier alpha value is -2.68. The molecule has 2 aromatic carbocycles. The highest BCUT2D eigenvalue weighted by Crippen LogP contribution is 2.37. The lowest BCUT2D eigenvalue weighted by Crippen LogP contribution is -1.95. The van der Waals surface area contributed by atoms with Crippen molar-refractivity contribution >= 4 is 0 Å². The van der Waals surface area contributed by atoms with Crippen molar-refractivity contribution in [1.29, 1.82) is 0 Å². The first-order valence-corrected chi connectivity index (χ1v) is 7.45. The summed E-state index contributed by atoms with van der Waals surface area (Å²) in [7, 11) is 3.26. The van der Waals surface area contributed by atoms with E-state index in [4.69, 9.17) is 14.2 Å². The van der Waals surface area contributed by atoms with E-state index in [0.29, 0.717) is 23.0 Å². The molecule has 120 valence electrons. The molecule has 0 aliphatic heterocycles. The summed E-state index contributed by atoms with van der Waals surface area (Å²) < 4.78 is 16.8. The minimum atomic E-state index is 0.648. The standard InChI is InChI=1S/C20H22O3/c1-5-7-15-9-11-17(19(13-15)21-3)23-18-12-10-16(8-6-2)14-20(18)22-4/h5-6,9-14H,1-2,7-8H2,3-4H3. The van der Waals surface area contributed by atoms with Gasteiger partial charge in [-0.15, -0.1) is 13.2 Å². The molecule has 0 aromatic heterocycles. The van der Waals surface area contributed by atoms with Crippen molar-refractivity contribution in [3.05, 3.63) is 72.8 Å². The van der Waals surface area contributed by atoms with Crippen LogP contribution in [0, 0.1) is 0 Å². The zero-order chi connectivity index (χ0) is 16.7. The Morgan fingerprint density at radius 2 is 1.17 bits per heavy atom. The van der Waals surface area contributed by atoms with E-state index in [9.17, 15) is 0 Å². The fraction of sp³-hybridized carbons (Fsp3) is 0.200. The number of rotatable bonds is 8. The van der Waals surface area contributed by atoms with E-state index in [0.717, 1.165) is 24.0 Å². The first kappa shape index (κ1) is 16.7. The molecule has 0 bridgehead atoms. The quantitative estimate of drug-likeness (QED) is 0.645. The molecule has 0 N–H and O–H groups in total. The zero-order valence-electron chi connectivity index (χ0n) is 13.7. The maximum Gasteiger partial charge on any atom is 0.169 e. The smallest absolute Gasteiger partial charge is 0.169 e. The van der Waals surface area contributed by atoms with Crippen LogP contribution in [0.3, 0.4) is 0 Å². The summed E-state index contributed by atoms with van der Waals surface area (Å²) in [5.74, 6) is 2.66. The lowest BCUT2D eigenvalue weighted by Gasteiger charge is -2.14. The summed E-state index contributed by atoms with van der Waals surface area (Å²) in [6.07, 6.45) is 5.29. The fourth-order valence-corrected chi connectivity index (χ4v) is 2.30. The Morgan fingerprint density at radius 1 is 0.739 bits per heavy atom. The van der Waals surface area contributed by atoms with Crippen LogP contribution in [-0.2, 0) is 12.8 Å². The van der Waals surface area contributed by atoms with Gasteiger partial charge in [-0.3, -0.25) is 0 Å². The first-order valence-electron chi connectivity index (χ1n) is 7.45. The van der Waals surface area contributed by atoms with Crippen LogP contribution in [0.15, 0.2) is 61.7 Å². The minimum absolute atomic E-state index is 0.648. The molecule has 0 fully saturated rings. The van der Waals surface area contributed by atoms with Gasteiger partial charge in [0.25, 0.3) is 0 Å². The van der Waals surface area contributed by atoms with Gasteiger partial charge in [0.05, 0.1) is 14.2 Å². The summed E-state index contributed by atoms with van der Waals surface area (Å²) >= 11 is 0. The predicted octanol–water partition coefficient (Wildman–Crippen LogP) is 4.95. The van der Waals surface area contributed by atoms with Crippen LogP contribution in [0.1, 0.15) is 11.1 Å². The van der Waals surface area contributed by atoms with E-state index in [-0.39, 0.29) is 0 Å². The molecule has 0 amide bonds. The lowest BCUT2D eigenvalue weighted by atomic mass is 10.1. The van der Waals surface area contributed by atoms with E-state index < -0.39 is 0 Å². The van der Waals surface area contributed by atoms with Crippen LogP contribution in [0.2, 0.25) is 0 Å². The number of hydrogen-bond donors (Lipinski definition) is 0. The van der Waals surface area contributed by atoms with Gasteiger partial charge >= 0.3 is 0 Å². The summed E-state index contributed by atoms with van der Waals surface area (Å²) in [5.41, 5.74) is 2.25. The van der Waals surface area contributed by atoms with Gasteiger partial charge < -0.3 is 14.2 Å². The molecule has 0 radical (unpaired) electrons. The monoisotopic (exact) mass is 310 g/mol. The highest BCUT2D eigenvalue weighted by atomic mass is 16.5. The molecule has 3 nitrogen and oxygen atoms in total. The van der Waals surface area contributed by atoms with Gasteiger partial charge in [-0.05, 0) is 48.2 Å². The normalized spacial score (nSPS) is 10.0. The van der Waals surface area contributed by atoms with E-state index >= 15 is 0 Å². The third-order valence-corrected chi connectivity index (χ3v) is 3.44. The highest BCUT2D eigenvalue weighted by Gasteiger charge is 2.11. The third kappa shape index (κ3) is 4.16. The Balaban J connectivity index is 2.30. The molecule has 0 spiro atoms. The third-order valence-electron chi connectivity index (χ3n) is 3.44. The molecule has 23 heavy (non-hydrogen) atoms. The molecule has 0 unspecified atom stereocenters. The van der Waals surface area contributed by atoms with E-state index in [1.807, 2.05) is 48.6 Å². The molecule has 0 saturated carbocycles. The predicted molar refractivity (Wildman–Crippen MR) is 93.9 cm³/mol. The van der Waals surface area contributed by atoms with Gasteiger partial charge in [0, 0.05) is 0 Å². The van der Waals surface area contributed by atoms with Crippen LogP contribution in [0.25, 0.3) is 0 Å². The number of methoxy groups -OCH3 is 2. The van der Waals surface area contributed by atoms with Crippen LogP contribution >= 0.6 is 0 Å². The van der Waals surface area contributed by atoms with E-state index in [1.165, 1.54) is 0 Å². The second-order valence-corrected chi connectivity index (χ2v) is 5.06. The molecule has 2 rings (SSSR count). The van der Waals surface area contributed by atoms with Crippen molar-refractivity contribution in [2.24, 2.45) is 0 Å². The zero-order valence-corrected chi connectivity index (χ0v) is 13.7. The Morgan fingerprint density at radius 3 is 1.52 bits per heavy atom. The molecule has 0 saturated heterocycles. The van der Waals surface area contributed by atoms with E-state index in [2.05, 4.69) is 13.2 Å².